The lowest BCUT2D eigenvalue weighted by molar-refractivity contribution is -0.121. The summed E-state index contributed by atoms with van der Waals surface area (Å²) in [6.45, 7) is 0.309. The molecule has 0 bridgehead atoms. The maximum absolute atomic E-state index is 13.3. The third-order valence-corrected chi connectivity index (χ3v) is 6.84. The second-order valence-corrected chi connectivity index (χ2v) is 9.12. The molecule has 0 saturated heterocycles. The third-order valence-electron chi connectivity index (χ3n) is 6.84. The second-order valence-electron chi connectivity index (χ2n) is 9.12. The third kappa shape index (κ3) is 5.07. The first kappa shape index (κ1) is 26.7. The summed E-state index contributed by atoms with van der Waals surface area (Å²) in [5, 5.41) is 14.5. The van der Waals surface area contributed by atoms with Crippen LogP contribution in [0.15, 0.2) is 63.8 Å². The summed E-state index contributed by atoms with van der Waals surface area (Å²) in [7, 11) is 4.52. The molecule has 1 atom stereocenters. The number of methoxy groups -OCH3 is 3. The lowest BCUT2D eigenvalue weighted by Gasteiger charge is -2.22. The summed E-state index contributed by atoms with van der Waals surface area (Å²) in [5.41, 5.74) is 0.792. The number of carbonyl (C=O) groups is 1. The van der Waals surface area contributed by atoms with Crippen molar-refractivity contribution in [1.29, 1.82) is 0 Å². The van der Waals surface area contributed by atoms with Gasteiger partial charge in [-0.1, -0.05) is 24.3 Å². The van der Waals surface area contributed by atoms with Gasteiger partial charge >= 0.3 is 5.63 Å². The molecule has 3 aromatic carbocycles. The molecule has 1 unspecified atom stereocenters. The summed E-state index contributed by atoms with van der Waals surface area (Å²) < 4.78 is 33.1. The van der Waals surface area contributed by atoms with E-state index in [9.17, 15) is 14.7 Å². The van der Waals surface area contributed by atoms with E-state index in [4.69, 9.17) is 28.1 Å². The van der Waals surface area contributed by atoms with Crippen LogP contribution < -0.4 is 34.6 Å². The molecule has 0 radical (unpaired) electrons. The molecule has 208 valence electrons. The largest absolute Gasteiger partial charge is 0.507 e. The molecule has 2 heterocycles. The molecule has 4 aromatic rings. The van der Waals surface area contributed by atoms with Gasteiger partial charge in [-0.25, -0.2) is 4.79 Å². The van der Waals surface area contributed by atoms with E-state index in [-0.39, 0.29) is 47.5 Å². The van der Waals surface area contributed by atoms with Gasteiger partial charge in [-0.3, -0.25) is 4.79 Å². The minimum atomic E-state index is -0.972. The van der Waals surface area contributed by atoms with Gasteiger partial charge in [0.1, 0.15) is 17.1 Å². The van der Waals surface area contributed by atoms with Gasteiger partial charge in [-0.05, 0) is 42.3 Å². The number of hydrogen-bond donors (Lipinski definition) is 2. The zero-order valence-corrected chi connectivity index (χ0v) is 22.3. The smallest absolute Gasteiger partial charge is 0.343 e. The molecule has 2 N–H and O–H groups in total. The zero-order chi connectivity index (χ0) is 28.2. The van der Waals surface area contributed by atoms with E-state index >= 15 is 0 Å². The second kappa shape index (κ2) is 11.5. The predicted octanol–water partition coefficient (Wildman–Crippen LogP) is 4.13. The molecular weight excluding hydrogens is 518 g/mol. The van der Waals surface area contributed by atoms with Crippen molar-refractivity contribution in [2.75, 3.05) is 34.7 Å². The molecule has 0 spiro atoms. The van der Waals surface area contributed by atoms with Crippen molar-refractivity contribution >= 4 is 16.9 Å². The monoisotopic (exact) mass is 547 g/mol. The highest BCUT2D eigenvalue weighted by Gasteiger charge is 2.35. The van der Waals surface area contributed by atoms with Crippen LogP contribution in [-0.2, 0) is 11.2 Å². The molecule has 40 heavy (non-hydrogen) atoms. The van der Waals surface area contributed by atoms with Crippen molar-refractivity contribution in [2.24, 2.45) is 0 Å². The Balaban J connectivity index is 1.52. The zero-order valence-electron chi connectivity index (χ0n) is 22.3. The number of para-hydroxylation sites is 1. The maximum Gasteiger partial charge on any atom is 0.343 e. The molecule has 10 nitrogen and oxygen atoms in total. The summed E-state index contributed by atoms with van der Waals surface area (Å²) in [5.74, 6) is 0.379. The molecule has 1 aliphatic heterocycles. The molecule has 0 fully saturated rings. The Morgan fingerprint density at radius 2 is 1.75 bits per heavy atom. The quantitative estimate of drug-likeness (QED) is 0.282. The fourth-order valence-electron chi connectivity index (χ4n) is 4.87. The molecule has 5 rings (SSSR count). The number of fused-ring (bicyclic) bond motifs is 2. The SMILES string of the molecule is COc1ccc(CCNC(=O)CC(c2cc(OC)c3c(c2OC)OCO3)c2c(O)c3ccccc3oc2=O)cc1. The minimum Gasteiger partial charge on any atom is -0.507 e. The number of ether oxygens (including phenoxy) is 5. The van der Waals surface area contributed by atoms with Crippen LogP contribution in [0.25, 0.3) is 11.0 Å². The highest BCUT2D eigenvalue weighted by atomic mass is 16.7. The van der Waals surface area contributed by atoms with Crippen LogP contribution in [0.1, 0.15) is 29.0 Å². The predicted molar refractivity (Wildman–Crippen MR) is 146 cm³/mol. The van der Waals surface area contributed by atoms with E-state index < -0.39 is 11.5 Å². The van der Waals surface area contributed by atoms with Crippen LogP contribution in [0.4, 0.5) is 0 Å². The number of benzene rings is 3. The lowest BCUT2D eigenvalue weighted by Crippen LogP contribution is -2.29. The summed E-state index contributed by atoms with van der Waals surface area (Å²) in [6, 6.07) is 15.8. The normalized spacial score (nSPS) is 12.7. The van der Waals surface area contributed by atoms with E-state index in [0.717, 1.165) is 11.3 Å². The molecule has 1 aliphatic rings. The van der Waals surface area contributed by atoms with Crippen LogP contribution in [0.5, 0.6) is 34.5 Å². The fraction of sp³-hybridized carbons (Fsp3) is 0.267. The highest BCUT2D eigenvalue weighted by molar-refractivity contribution is 5.85. The van der Waals surface area contributed by atoms with E-state index in [1.807, 2.05) is 24.3 Å². The van der Waals surface area contributed by atoms with Gasteiger partial charge in [0.15, 0.2) is 11.5 Å². The van der Waals surface area contributed by atoms with Crippen molar-refractivity contribution in [1.82, 2.24) is 5.32 Å². The maximum atomic E-state index is 13.3. The Labute approximate surface area is 230 Å². The van der Waals surface area contributed by atoms with Gasteiger partial charge in [0, 0.05) is 24.4 Å². The van der Waals surface area contributed by atoms with Crippen molar-refractivity contribution < 1.29 is 38.0 Å². The Morgan fingerprint density at radius 3 is 2.48 bits per heavy atom. The van der Waals surface area contributed by atoms with Crippen molar-refractivity contribution in [3.8, 4) is 34.5 Å². The van der Waals surface area contributed by atoms with Crippen LogP contribution in [0, 0.1) is 0 Å². The molecule has 0 saturated carbocycles. The lowest BCUT2D eigenvalue weighted by atomic mass is 9.86. The van der Waals surface area contributed by atoms with Crippen LogP contribution in [-0.4, -0.2) is 45.7 Å². The van der Waals surface area contributed by atoms with Crippen molar-refractivity contribution in [3.05, 3.63) is 81.7 Å². The molecule has 1 aromatic heterocycles. The molecule has 10 heteroatoms. The Kier molecular flexibility index (Phi) is 7.68. The number of rotatable bonds is 10. The van der Waals surface area contributed by atoms with E-state index in [1.54, 1.807) is 37.4 Å². The Bertz CT molecular complexity index is 1590. The topological polar surface area (TPSA) is 126 Å². The number of carbonyl (C=O) groups excluding carboxylic acids is 1. The summed E-state index contributed by atoms with van der Waals surface area (Å²) >= 11 is 0. The van der Waals surface area contributed by atoms with Gasteiger partial charge in [0.05, 0.1) is 32.3 Å². The number of nitrogens with one attached hydrogen (secondary N) is 1. The Hall–Kier alpha value is -4.86. The van der Waals surface area contributed by atoms with Gasteiger partial charge in [0.25, 0.3) is 0 Å². The average Bonchev–Trinajstić information content (AvgIpc) is 3.46. The van der Waals surface area contributed by atoms with Gasteiger partial charge in [-0.15, -0.1) is 0 Å². The standard InChI is InChI=1S/C30H29NO9/c1-35-18-10-8-17(9-11-18)12-13-31-24(32)15-20(25-26(33)19-6-4-5-7-22(19)40-30(25)34)21-14-23(36-2)28-29(27(21)37-3)39-16-38-28/h4-11,14,20,33H,12-13,15-16H2,1-3H3,(H,31,32). The first-order valence-electron chi connectivity index (χ1n) is 12.6. The van der Waals surface area contributed by atoms with Gasteiger partial charge in [-0.2, -0.15) is 0 Å². The van der Waals surface area contributed by atoms with E-state index in [0.29, 0.717) is 35.4 Å². The van der Waals surface area contributed by atoms with Gasteiger partial charge < -0.3 is 38.5 Å². The summed E-state index contributed by atoms with van der Waals surface area (Å²) in [6.07, 6.45) is 0.392. The van der Waals surface area contributed by atoms with Crippen molar-refractivity contribution in [3.63, 3.8) is 0 Å². The molecular formula is C30H29NO9. The van der Waals surface area contributed by atoms with E-state index in [1.165, 1.54) is 14.2 Å². The number of hydrogen-bond acceptors (Lipinski definition) is 9. The van der Waals surface area contributed by atoms with Crippen LogP contribution in [0.3, 0.4) is 0 Å². The Morgan fingerprint density at radius 1 is 1.00 bits per heavy atom. The molecule has 1 amide bonds. The number of amides is 1. The van der Waals surface area contributed by atoms with Crippen LogP contribution >= 0.6 is 0 Å². The minimum absolute atomic E-state index is 0.0502. The van der Waals surface area contributed by atoms with E-state index in [2.05, 4.69) is 5.32 Å². The molecule has 0 aliphatic carbocycles. The fourth-order valence-corrected chi connectivity index (χ4v) is 4.87. The average molecular weight is 548 g/mol. The van der Waals surface area contributed by atoms with Gasteiger partial charge in [0.2, 0.25) is 24.2 Å². The highest BCUT2D eigenvalue weighted by Crippen LogP contribution is 2.53. The first-order chi connectivity index (χ1) is 19.4. The summed E-state index contributed by atoms with van der Waals surface area (Å²) in [4.78, 5) is 26.6. The number of aromatic hydroxyl groups is 1. The first-order valence-corrected chi connectivity index (χ1v) is 12.6. The van der Waals surface area contributed by atoms with Crippen LogP contribution in [0.2, 0.25) is 0 Å². The van der Waals surface area contributed by atoms with Crippen molar-refractivity contribution in [2.45, 2.75) is 18.8 Å².